The summed E-state index contributed by atoms with van der Waals surface area (Å²) in [4.78, 5) is 2.48. The van der Waals surface area contributed by atoms with Crippen LogP contribution in [0.25, 0.3) is 0 Å². The van der Waals surface area contributed by atoms with Crippen molar-refractivity contribution in [1.29, 1.82) is 0 Å². The molecule has 0 amide bonds. The fraction of sp³-hybridized carbons (Fsp3) is 0.750. The molecule has 0 bridgehead atoms. The number of likely N-dealkylation sites (N-methyl/N-ethyl adjacent to an activating group) is 1. The highest BCUT2D eigenvalue weighted by Gasteiger charge is 2.57. The van der Waals surface area contributed by atoms with Crippen LogP contribution < -0.4 is 9.47 Å². The van der Waals surface area contributed by atoms with Gasteiger partial charge < -0.3 is 28.6 Å². The van der Waals surface area contributed by atoms with Crippen LogP contribution in [0, 0.1) is 0 Å². The first-order valence-corrected chi connectivity index (χ1v) is 11.4. The molecule has 4 atom stereocenters. The van der Waals surface area contributed by atoms with Crippen molar-refractivity contribution in [1.82, 2.24) is 4.90 Å². The molecule has 4 rings (SSSR count). The van der Waals surface area contributed by atoms with Gasteiger partial charge >= 0.3 is 0 Å². The topological polar surface area (TPSA) is 49.4 Å². The third-order valence-electron chi connectivity index (χ3n) is 7.36. The van der Waals surface area contributed by atoms with Crippen LogP contribution in [0.15, 0.2) is 18.2 Å². The molecule has 0 N–H and O–H groups in total. The van der Waals surface area contributed by atoms with E-state index in [4.69, 9.17) is 23.7 Å². The van der Waals surface area contributed by atoms with E-state index in [9.17, 15) is 0 Å². The smallest absolute Gasteiger partial charge is 0.170 e. The van der Waals surface area contributed by atoms with Crippen LogP contribution in [0.2, 0.25) is 0 Å². The zero-order valence-corrected chi connectivity index (χ0v) is 18.9. The Kier molecular flexibility index (Phi) is 6.58. The fourth-order valence-corrected chi connectivity index (χ4v) is 5.60. The van der Waals surface area contributed by atoms with Gasteiger partial charge in [0.2, 0.25) is 0 Å². The lowest BCUT2D eigenvalue weighted by molar-refractivity contribution is -0.207. The first-order valence-electron chi connectivity index (χ1n) is 11.4. The summed E-state index contributed by atoms with van der Waals surface area (Å²) in [6.07, 6.45) is 6.28. The molecule has 6 nitrogen and oxygen atoms in total. The van der Waals surface area contributed by atoms with E-state index in [1.807, 2.05) is 6.07 Å². The molecule has 30 heavy (non-hydrogen) atoms. The molecule has 4 unspecified atom stereocenters. The maximum Gasteiger partial charge on any atom is 0.170 e. The van der Waals surface area contributed by atoms with E-state index in [1.54, 1.807) is 14.2 Å². The van der Waals surface area contributed by atoms with E-state index < -0.39 is 5.79 Å². The van der Waals surface area contributed by atoms with Crippen molar-refractivity contribution >= 4 is 0 Å². The number of rotatable bonds is 8. The van der Waals surface area contributed by atoms with E-state index >= 15 is 0 Å². The molecule has 3 fully saturated rings. The number of hydrogen-bond donors (Lipinski definition) is 0. The van der Waals surface area contributed by atoms with Gasteiger partial charge in [0.25, 0.3) is 0 Å². The van der Waals surface area contributed by atoms with Crippen molar-refractivity contribution in [2.24, 2.45) is 0 Å². The molecule has 168 valence electrons. The first-order chi connectivity index (χ1) is 14.6. The highest BCUT2D eigenvalue weighted by Crippen LogP contribution is 2.54. The fourth-order valence-electron chi connectivity index (χ4n) is 5.60. The summed E-state index contributed by atoms with van der Waals surface area (Å²) in [6.45, 7) is 5.32. The Morgan fingerprint density at radius 3 is 2.73 bits per heavy atom. The van der Waals surface area contributed by atoms with Gasteiger partial charge in [0.05, 0.1) is 27.4 Å². The standard InChI is InChI=1S/C24H37NO5/c1-5-6-13-28-16-19-17-29-24(30-19)10-9-23(11-12-25(2)22(23)15-24)18-7-8-20(26-3)21(14-18)27-4/h7-8,14,19,22H,5-6,9-13,15-17H2,1-4H3. The monoisotopic (exact) mass is 419 g/mol. The number of hydrogen-bond acceptors (Lipinski definition) is 6. The van der Waals surface area contributed by atoms with Gasteiger partial charge in [-0.3, -0.25) is 0 Å². The predicted molar refractivity (Wildman–Crippen MR) is 115 cm³/mol. The Balaban J connectivity index is 1.49. The number of unbranched alkanes of at least 4 members (excludes halogenated alkanes) is 1. The van der Waals surface area contributed by atoms with Crippen molar-refractivity contribution < 1.29 is 23.7 Å². The molecular weight excluding hydrogens is 382 g/mol. The summed E-state index contributed by atoms with van der Waals surface area (Å²) in [5, 5.41) is 0. The molecule has 1 saturated carbocycles. The van der Waals surface area contributed by atoms with E-state index in [-0.39, 0.29) is 11.5 Å². The minimum absolute atomic E-state index is 0.0437. The van der Waals surface area contributed by atoms with Crippen LogP contribution in [-0.4, -0.2) is 70.5 Å². The summed E-state index contributed by atoms with van der Waals surface area (Å²) < 4.78 is 29.6. The van der Waals surface area contributed by atoms with Crippen molar-refractivity contribution in [3.8, 4) is 11.5 Å². The van der Waals surface area contributed by atoms with Crippen LogP contribution in [0.1, 0.15) is 51.0 Å². The predicted octanol–water partition coefficient (Wildman–Crippen LogP) is 3.76. The minimum Gasteiger partial charge on any atom is -0.493 e. The summed E-state index contributed by atoms with van der Waals surface area (Å²) >= 11 is 0. The van der Waals surface area contributed by atoms with Gasteiger partial charge in [0, 0.05) is 30.9 Å². The Morgan fingerprint density at radius 1 is 1.13 bits per heavy atom. The van der Waals surface area contributed by atoms with Gasteiger partial charge in [0.15, 0.2) is 17.3 Å². The average Bonchev–Trinajstić information content (AvgIpc) is 3.33. The van der Waals surface area contributed by atoms with Crippen LogP contribution in [0.5, 0.6) is 11.5 Å². The molecular formula is C24H37NO5. The summed E-state index contributed by atoms with van der Waals surface area (Å²) in [7, 11) is 5.62. The maximum absolute atomic E-state index is 6.47. The molecule has 2 saturated heterocycles. The third kappa shape index (κ3) is 3.95. The summed E-state index contributed by atoms with van der Waals surface area (Å²) in [5.41, 5.74) is 1.43. The summed E-state index contributed by atoms with van der Waals surface area (Å²) in [5.74, 6) is 1.11. The Bertz CT molecular complexity index is 728. The van der Waals surface area contributed by atoms with E-state index in [0.29, 0.717) is 19.3 Å². The van der Waals surface area contributed by atoms with Crippen LogP contribution in [0.3, 0.4) is 0 Å². The number of benzene rings is 1. The highest BCUT2D eigenvalue weighted by atomic mass is 16.8. The molecule has 1 aliphatic carbocycles. The number of nitrogens with zero attached hydrogens (tertiary/aromatic N) is 1. The lowest BCUT2D eigenvalue weighted by Crippen LogP contribution is -2.53. The lowest BCUT2D eigenvalue weighted by atomic mass is 9.64. The van der Waals surface area contributed by atoms with Gasteiger partial charge in [-0.25, -0.2) is 0 Å². The molecule has 0 aromatic heterocycles. The van der Waals surface area contributed by atoms with Gasteiger partial charge in [-0.2, -0.15) is 0 Å². The number of likely N-dealkylation sites (tertiary alicyclic amines) is 1. The van der Waals surface area contributed by atoms with Gasteiger partial charge in [0.1, 0.15) is 6.10 Å². The maximum atomic E-state index is 6.47. The number of ether oxygens (including phenoxy) is 5. The highest BCUT2D eigenvalue weighted by molar-refractivity contribution is 5.46. The van der Waals surface area contributed by atoms with E-state index in [0.717, 1.165) is 63.2 Å². The Hall–Kier alpha value is -1.34. The quantitative estimate of drug-likeness (QED) is 0.598. The lowest BCUT2D eigenvalue weighted by Gasteiger charge is -2.48. The van der Waals surface area contributed by atoms with Crippen molar-refractivity contribution in [3.05, 3.63) is 23.8 Å². The molecule has 0 radical (unpaired) electrons. The van der Waals surface area contributed by atoms with Crippen LogP contribution in [-0.2, 0) is 19.6 Å². The van der Waals surface area contributed by atoms with Crippen LogP contribution >= 0.6 is 0 Å². The molecule has 2 heterocycles. The molecule has 2 aliphatic heterocycles. The zero-order valence-electron chi connectivity index (χ0n) is 18.9. The van der Waals surface area contributed by atoms with Crippen LogP contribution in [0.4, 0.5) is 0 Å². The normalized spacial score (nSPS) is 33.7. The molecule has 6 heteroatoms. The van der Waals surface area contributed by atoms with Gasteiger partial charge in [-0.15, -0.1) is 0 Å². The zero-order chi connectivity index (χ0) is 21.2. The van der Waals surface area contributed by atoms with Crippen molar-refractivity contribution in [2.45, 2.75) is 68.8 Å². The van der Waals surface area contributed by atoms with E-state index in [1.165, 1.54) is 5.56 Å². The second-order valence-corrected chi connectivity index (χ2v) is 9.07. The van der Waals surface area contributed by atoms with Gasteiger partial charge in [-0.05, 0) is 50.6 Å². The number of fused-ring (bicyclic) bond motifs is 1. The largest absolute Gasteiger partial charge is 0.493 e. The SMILES string of the molecule is CCCCOCC1COC2(CCC3(c4ccc(OC)c(OC)c4)CCN(C)C3C2)O1. The van der Waals surface area contributed by atoms with Crippen molar-refractivity contribution in [3.63, 3.8) is 0 Å². The first kappa shape index (κ1) is 21.9. The minimum atomic E-state index is -0.470. The summed E-state index contributed by atoms with van der Waals surface area (Å²) in [6, 6.07) is 6.80. The van der Waals surface area contributed by atoms with Gasteiger partial charge in [-0.1, -0.05) is 19.4 Å². The van der Waals surface area contributed by atoms with E-state index in [2.05, 4.69) is 31.0 Å². The number of methoxy groups -OCH3 is 2. The molecule has 1 aromatic rings. The Labute approximate surface area is 180 Å². The third-order valence-corrected chi connectivity index (χ3v) is 7.36. The second-order valence-electron chi connectivity index (χ2n) is 9.07. The Morgan fingerprint density at radius 2 is 1.97 bits per heavy atom. The molecule has 1 spiro atoms. The van der Waals surface area contributed by atoms with Crippen molar-refractivity contribution in [2.75, 3.05) is 47.6 Å². The molecule has 3 aliphatic rings. The second kappa shape index (κ2) is 9.03. The average molecular weight is 420 g/mol. The molecule has 1 aromatic carbocycles.